The van der Waals surface area contributed by atoms with E-state index in [1.165, 1.54) is 0 Å². The smallest absolute Gasteiger partial charge is 0.272 e. The van der Waals surface area contributed by atoms with Crippen LogP contribution in [0.1, 0.15) is 41.2 Å². The van der Waals surface area contributed by atoms with Crippen LogP contribution in [-0.4, -0.2) is 23.2 Å². The second kappa shape index (κ2) is 7.11. The Bertz CT molecular complexity index is 647. The second-order valence-electron chi connectivity index (χ2n) is 5.86. The van der Waals surface area contributed by atoms with Gasteiger partial charge in [0.25, 0.3) is 5.91 Å². The van der Waals surface area contributed by atoms with E-state index < -0.39 is 0 Å². The zero-order valence-corrected chi connectivity index (χ0v) is 13.6. The summed E-state index contributed by atoms with van der Waals surface area (Å²) in [7, 11) is 1.64. The fraction of sp³-hybridized carbons (Fsp3) is 0.412. The molecule has 0 saturated heterocycles. The molecule has 1 aromatic heterocycles. The first-order chi connectivity index (χ1) is 10.5. The van der Waals surface area contributed by atoms with Gasteiger partial charge in [-0.15, -0.1) is 0 Å². The number of nitrogens with zero attached hydrogens (tertiary/aromatic N) is 1. The minimum atomic E-state index is -0.175. The standard InChI is InChI=1S/C17H23N3O2/c1-11(2)7-14-9-15(20-19-14)17(21)18-10-13-6-5-12(3)16(8-13)22-4/h5-6,8-9,11H,7,10H2,1-4H3,(H,18,21)(H,19,20). The van der Waals surface area contributed by atoms with Gasteiger partial charge >= 0.3 is 0 Å². The number of methoxy groups -OCH3 is 1. The number of hydrogen-bond donors (Lipinski definition) is 2. The highest BCUT2D eigenvalue weighted by molar-refractivity contribution is 5.92. The highest BCUT2D eigenvalue weighted by Crippen LogP contribution is 2.18. The lowest BCUT2D eigenvalue weighted by molar-refractivity contribution is 0.0946. The molecule has 0 saturated carbocycles. The van der Waals surface area contributed by atoms with Crippen LogP contribution in [0.3, 0.4) is 0 Å². The number of benzene rings is 1. The van der Waals surface area contributed by atoms with Crippen LogP contribution in [0.5, 0.6) is 5.75 Å². The number of ether oxygens (including phenoxy) is 1. The number of hydrogen-bond acceptors (Lipinski definition) is 3. The first-order valence-electron chi connectivity index (χ1n) is 7.45. The number of nitrogens with one attached hydrogen (secondary N) is 2. The van der Waals surface area contributed by atoms with Crippen LogP contribution in [0.2, 0.25) is 0 Å². The number of aromatic amines is 1. The third-order valence-electron chi connectivity index (χ3n) is 3.42. The van der Waals surface area contributed by atoms with Gasteiger partial charge < -0.3 is 10.1 Å². The molecule has 0 unspecified atom stereocenters. The maximum atomic E-state index is 12.1. The van der Waals surface area contributed by atoms with E-state index in [-0.39, 0.29) is 5.91 Å². The highest BCUT2D eigenvalue weighted by Gasteiger charge is 2.11. The van der Waals surface area contributed by atoms with E-state index in [9.17, 15) is 4.79 Å². The molecule has 118 valence electrons. The Morgan fingerprint density at radius 3 is 2.82 bits per heavy atom. The molecule has 1 amide bonds. The van der Waals surface area contributed by atoms with Gasteiger partial charge in [0.2, 0.25) is 0 Å². The number of carbonyl (C=O) groups excluding carboxylic acids is 1. The monoisotopic (exact) mass is 301 g/mol. The molecule has 0 aliphatic carbocycles. The zero-order chi connectivity index (χ0) is 16.1. The first kappa shape index (κ1) is 16.1. The van der Waals surface area contributed by atoms with E-state index in [2.05, 4.69) is 29.4 Å². The molecule has 2 aromatic rings. The molecule has 2 N–H and O–H groups in total. The molecule has 0 aliphatic rings. The molecule has 22 heavy (non-hydrogen) atoms. The van der Waals surface area contributed by atoms with Crippen molar-refractivity contribution in [3.8, 4) is 5.75 Å². The minimum Gasteiger partial charge on any atom is -0.496 e. The van der Waals surface area contributed by atoms with E-state index in [0.29, 0.717) is 18.2 Å². The summed E-state index contributed by atoms with van der Waals surface area (Å²) in [6.07, 6.45) is 0.884. The van der Waals surface area contributed by atoms with Crippen LogP contribution in [-0.2, 0) is 13.0 Å². The third kappa shape index (κ3) is 4.10. The van der Waals surface area contributed by atoms with Crippen molar-refractivity contribution >= 4 is 5.91 Å². The van der Waals surface area contributed by atoms with Crippen molar-refractivity contribution in [2.24, 2.45) is 5.92 Å². The summed E-state index contributed by atoms with van der Waals surface area (Å²) in [4.78, 5) is 12.1. The first-order valence-corrected chi connectivity index (χ1v) is 7.45. The number of aryl methyl sites for hydroxylation is 1. The highest BCUT2D eigenvalue weighted by atomic mass is 16.5. The quantitative estimate of drug-likeness (QED) is 0.862. The Morgan fingerprint density at radius 1 is 1.36 bits per heavy atom. The van der Waals surface area contributed by atoms with Gasteiger partial charge in [-0.2, -0.15) is 5.10 Å². The summed E-state index contributed by atoms with van der Waals surface area (Å²) in [5, 5.41) is 9.85. The number of rotatable bonds is 6. The van der Waals surface area contributed by atoms with Crippen LogP contribution in [0.25, 0.3) is 0 Å². The van der Waals surface area contributed by atoms with Gasteiger partial charge in [0.05, 0.1) is 7.11 Å². The third-order valence-corrected chi connectivity index (χ3v) is 3.42. The maximum absolute atomic E-state index is 12.1. The topological polar surface area (TPSA) is 67.0 Å². The molecule has 1 aromatic carbocycles. The Hall–Kier alpha value is -2.30. The number of aromatic nitrogens is 2. The Balaban J connectivity index is 1.96. The number of H-pyrrole nitrogens is 1. The molecule has 0 bridgehead atoms. The molecule has 0 atom stereocenters. The average molecular weight is 301 g/mol. The van der Waals surface area contributed by atoms with Crippen molar-refractivity contribution < 1.29 is 9.53 Å². The molecular formula is C17H23N3O2. The van der Waals surface area contributed by atoms with Gasteiger partial charge in [-0.05, 0) is 42.5 Å². The summed E-state index contributed by atoms with van der Waals surface area (Å²) < 4.78 is 5.29. The van der Waals surface area contributed by atoms with E-state index in [1.54, 1.807) is 7.11 Å². The lowest BCUT2D eigenvalue weighted by Gasteiger charge is -2.08. The predicted octanol–water partition coefficient (Wildman–Crippen LogP) is 2.86. The van der Waals surface area contributed by atoms with Gasteiger partial charge in [0.1, 0.15) is 11.4 Å². The molecule has 2 rings (SSSR count). The minimum absolute atomic E-state index is 0.175. The van der Waals surface area contributed by atoms with Crippen molar-refractivity contribution in [1.82, 2.24) is 15.5 Å². The zero-order valence-electron chi connectivity index (χ0n) is 13.6. The summed E-state index contributed by atoms with van der Waals surface area (Å²) >= 11 is 0. The van der Waals surface area contributed by atoms with Crippen molar-refractivity contribution in [2.75, 3.05) is 7.11 Å². The SMILES string of the molecule is COc1cc(CNC(=O)c2cc(CC(C)C)[nH]n2)ccc1C. The molecular weight excluding hydrogens is 278 g/mol. The number of carbonyl (C=O) groups is 1. The fourth-order valence-corrected chi connectivity index (χ4v) is 2.27. The Morgan fingerprint density at radius 2 is 2.14 bits per heavy atom. The van der Waals surface area contributed by atoms with E-state index in [0.717, 1.165) is 29.0 Å². The van der Waals surface area contributed by atoms with Gasteiger partial charge in [-0.3, -0.25) is 9.89 Å². The lowest BCUT2D eigenvalue weighted by Crippen LogP contribution is -2.23. The van der Waals surface area contributed by atoms with Crippen molar-refractivity contribution in [3.63, 3.8) is 0 Å². The molecule has 0 fully saturated rings. The maximum Gasteiger partial charge on any atom is 0.272 e. The fourth-order valence-electron chi connectivity index (χ4n) is 2.27. The molecule has 5 nitrogen and oxygen atoms in total. The normalized spacial score (nSPS) is 10.8. The van der Waals surface area contributed by atoms with Gasteiger partial charge in [0.15, 0.2) is 0 Å². The van der Waals surface area contributed by atoms with Crippen molar-refractivity contribution in [3.05, 3.63) is 46.8 Å². The number of amides is 1. The molecule has 5 heteroatoms. The molecule has 0 spiro atoms. The van der Waals surface area contributed by atoms with Gasteiger partial charge in [-0.1, -0.05) is 26.0 Å². The molecule has 0 radical (unpaired) electrons. The van der Waals surface area contributed by atoms with Crippen LogP contribution < -0.4 is 10.1 Å². The van der Waals surface area contributed by atoms with E-state index in [1.807, 2.05) is 31.2 Å². The Labute approximate surface area is 131 Å². The largest absolute Gasteiger partial charge is 0.496 e. The Kier molecular flexibility index (Phi) is 5.20. The summed E-state index contributed by atoms with van der Waals surface area (Å²) in [6, 6.07) is 7.71. The van der Waals surface area contributed by atoms with Gasteiger partial charge in [-0.25, -0.2) is 0 Å². The summed E-state index contributed by atoms with van der Waals surface area (Å²) in [5.74, 6) is 1.17. The lowest BCUT2D eigenvalue weighted by atomic mass is 10.1. The van der Waals surface area contributed by atoms with E-state index >= 15 is 0 Å². The summed E-state index contributed by atoms with van der Waals surface area (Å²) in [5.41, 5.74) is 3.48. The predicted molar refractivity (Wildman–Crippen MR) is 86.0 cm³/mol. The van der Waals surface area contributed by atoms with Crippen molar-refractivity contribution in [2.45, 2.75) is 33.7 Å². The van der Waals surface area contributed by atoms with Crippen LogP contribution in [0.15, 0.2) is 24.3 Å². The van der Waals surface area contributed by atoms with Crippen LogP contribution >= 0.6 is 0 Å². The van der Waals surface area contributed by atoms with Crippen LogP contribution in [0.4, 0.5) is 0 Å². The van der Waals surface area contributed by atoms with Crippen molar-refractivity contribution in [1.29, 1.82) is 0 Å². The summed E-state index contributed by atoms with van der Waals surface area (Å²) in [6.45, 7) is 6.69. The van der Waals surface area contributed by atoms with Crippen LogP contribution in [0, 0.1) is 12.8 Å². The second-order valence-corrected chi connectivity index (χ2v) is 5.86. The van der Waals surface area contributed by atoms with Gasteiger partial charge in [0, 0.05) is 12.2 Å². The average Bonchev–Trinajstić information content (AvgIpc) is 2.93. The van der Waals surface area contributed by atoms with E-state index in [4.69, 9.17) is 4.74 Å². The molecule has 1 heterocycles. The molecule has 0 aliphatic heterocycles.